The molecule has 0 aliphatic heterocycles. The molecule has 3 aromatic rings. The Kier molecular flexibility index (Phi) is 6.76. The first-order chi connectivity index (χ1) is 14.7. The zero-order valence-corrected chi connectivity index (χ0v) is 16.4. The van der Waals surface area contributed by atoms with Crippen LogP contribution in [0.3, 0.4) is 0 Å². The lowest BCUT2D eigenvalue weighted by atomic mass is 10.2. The van der Waals surface area contributed by atoms with Gasteiger partial charge in [-0.1, -0.05) is 29.8 Å². The molecule has 0 spiro atoms. The summed E-state index contributed by atoms with van der Waals surface area (Å²) in [5, 5.41) is 1.79. The molecule has 0 radical (unpaired) electrons. The number of pyridine rings is 1. The van der Waals surface area contributed by atoms with Crippen molar-refractivity contribution >= 4 is 29.3 Å². The number of ether oxygens (including phenoxy) is 2. The first kappa shape index (κ1) is 22.1. The quantitative estimate of drug-likeness (QED) is 0.513. The van der Waals surface area contributed by atoms with Gasteiger partial charge in [-0.15, -0.1) is 0 Å². The summed E-state index contributed by atoms with van der Waals surface area (Å²) in [6.07, 6.45) is -4.08. The average Bonchev–Trinajstić information content (AvgIpc) is 2.74. The fourth-order valence-electron chi connectivity index (χ4n) is 2.35. The van der Waals surface area contributed by atoms with Crippen molar-refractivity contribution in [2.75, 3.05) is 11.9 Å². The second-order valence-corrected chi connectivity index (χ2v) is 6.52. The molecule has 0 saturated carbocycles. The lowest BCUT2D eigenvalue weighted by Crippen LogP contribution is -2.22. The van der Waals surface area contributed by atoms with Crippen LogP contribution in [-0.4, -0.2) is 23.5 Å². The normalized spacial score (nSPS) is 11.0. The number of amides is 1. The standard InChI is InChI=1S/C21H14ClF3N2O4/c22-17-10-14(21(23,24)25)11-26-19(17)27-18(28)12-30-20(29)13-6-8-16(9-7-13)31-15-4-2-1-3-5-15/h1-11H,12H2,(H,26,27,28). The van der Waals surface area contributed by atoms with Crippen molar-refractivity contribution in [1.82, 2.24) is 4.98 Å². The highest BCUT2D eigenvalue weighted by Crippen LogP contribution is 2.32. The monoisotopic (exact) mass is 450 g/mol. The van der Waals surface area contributed by atoms with Crippen molar-refractivity contribution in [3.8, 4) is 11.5 Å². The van der Waals surface area contributed by atoms with Crippen molar-refractivity contribution in [3.63, 3.8) is 0 Å². The summed E-state index contributed by atoms with van der Waals surface area (Å²) in [5.74, 6) is -0.730. The Morgan fingerprint density at radius 3 is 2.26 bits per heavy atom. The number of halogens is 4. The van der Waals surface area contributed by atoms with Crippen LogP contribution in [0.25, 0.3) is 0 Å². The van der Waals surface area contributed by atoms with E-state index in [1.54, 1.807) is 24.3 Å². The Morgan fingerprint density at radius 2 is 1.65 bits per heavy atom. The van der Waals surface area contributed by atoms with E-state index >= 15 is 0 Å². The highest BCUT2D eigenvalue weighted by Gasteiger charge is 2.31. The van der Waals surface area contributed by atoms with Crippen molar-refractivity contribution in [2.45, 2.75) is 6.18 Å². The first-order valence-corrected chi connectivity index (χ1v) is 9.13. The average molecular weight is 451 g/mol. The predicted molar refractivity (Wildman–Crippen MR) is 106 cm³/mol. The molecule has 0 aliphatic rings. The topological polar surface area (TPSA) is 77.5 Å². The molecule has 1 aromatic heterocycles. The number of hydrogen-bond acceptors (Lipinski definition) is 5. The molecule has 6 nitrogen and oxygen atoms in total. The third kappa shape index (κ3) is 6.19. The van der Waals surface area contributed by atoms with Crippen LogP contribution < -0.4 is 10.1 Å². The second kappa shape index (κ2) is 9.48. The molecule has 0 fully saturated rings. The zero-order valence-electron chi connectivity index (χ0n) is 15.7. The molecule has 0 atom stereocenters. The van der Waals surface area contributed by atoms with Gasteiger partial charge in [0.2, 0.25) is 0 Å². The molecule has 1 heterocycles. The minimum absolute atomic E-state index is 0.180. The number of nitrogens with one attached hydrogen (secondary N) is 1. The highest BCUT2D eigenvalue weighted by molar-refractivity contribution is 6.33. The summed E-state index contributed by atoms with van der Waals surface area (Å²) in [6.45, 7) is -0.680. The second-order valence-electron chi connectivity index (χ2n) is 6.12. The Bertz CT molecular complexity index is 1070. The van der Waals surface area contributed by atoms with Gasteiger partial charge >= 0.3 is 12.1 Å². The molecule has 160 valence electrons. The fraction of sp³-hybridized carbons (Fsp3) is 0.0952. The Labute approximate surface area is 179 Å². The number of carbonyl (C=O) groups is 2. The van der Waals surface area contributed by atoms with E-state index in [1.807, 2.05) is 18.2 Å². The van der Waals surface area contributed by atoms with Gasteiger partial charge in [0.25, 0.3) is 5.91 Å². The summed E-state index contributed by atoms with van der Waals surface area (Å²) in [7, 11) is 0. The van der Waals surface area contributed by atoms with Crippen LogP contribution >= 0.6 is 11.6 Å². The van der Waals surface area contributed by atoms with E-state index in [9.17, 15) is 22.8 Å². The lowest BCUT2D eigenvalue weighted by molar-refractivity contribution is -0.137. The number of aromatic nitrogens is 1. The summed E-state index contributed by atoms with van der Waals surface area (Å²) in [6, 6.07) is 15.7. The maximum Gasteiger partial charge on any atom is 0.417 e. The number of carbonyl (C=O) groups excluding carboxylic acids is 2. The molecule has 0 saturated heterocycles. The smallest absolute Gasteiger partial charge is 0.417 e. The number of rotatable bonds is 6. The van der Waals surface area contributed by atoms with Crippen molar-refractivity contribution < 1.29 is 32.2 Å². The fourth-order valence-corrected chi connectivity index (χ4v) is 2.56. The third-order valence-corrected chi connectivity index (χ3v) is 4.12. The number of hydrogen-bond donors (Lipinski definition) is 1. The summed E-state index contributed by atoms with van der Waals surface area (Å²) in [4.78, 5) is 27.5. The van der Waals surface area contributed by atoms with E-state index in [0.717, 1.165) is 0 Å². The molecular weight excluding hydrogens is 437 g/mol. The van der Waals surface area contributed by atoms with Gasteiger partial charge in [-0.25, -0.2) is 9.78 Å². The number of benzene rings is 2. The molecule has 3 rings (SSSR count). The molecule has 1 N–H and O–H groups in total. The number of esters is 1. The van der Waals surface area contributed by atoms with Crippen LogP contribution in [0.4, 0.5) is 19.0 Å². The Balaban J connectivity index is 1.53. The minimum Gasteiger partial charge on any atom is -0.457 e. The van der Waals surface area contributed by atoms with Gasteiger partial charge in [-0.2, -0.15) is 13.2 Å². The summed E-state index contributed by atoms with van der Waals surface area (Å²) < 4.78 is 48.4. The van der Waals surface area contributed by atoms with Crippen LogP contribution in [0.1, 0.15) is 15.9 Å². The van der Waals surface area contributed by atoms with Crippen LogP contribution in [0.15, 0.2) is 66.9 Å². The van der Waals surface area contributed by atoms with E-state index in [1.165, 1.54) is 12.1 Å². The molecule has 0 aliphatic carbocycles. The van der Waals surface area contributed by atoms with Crippen LogP contribution in [-0.2, 0) is 15.7 Å². The molecule has 31 heavy (non-hydrogen) atoms. The number of nitrogens with zero attached hydrogens (tertiary/aromatic N) is 1. The molecule has 2 aromatic carbocycles. The van der Waals surface area contributed by atoms with Crippen molar-refractivity contribution in [2.24, 2.45) is 0 Å². The van der Waals surface area contributed by atoms with Gasteiger partial charge in [0.05, 0.1) is 16.1 Å². The molecule has 10 heteroatoms. The van der Waals surface area contributed by atoms with Crippen molar-refractivity contribution in [1.29, 1.82) is 0 Å². The van der Waals surface area contributed by atoms with E-state index in [4.69, 9.17) is 21.1 Å². The SMILES string of the molecule is O=C(COC(=O)c1ccc(Oc2ccccc2)cc1)Nc1ncc(C(F)(F)F)cc1Cl. The third-order valence-electron chi connectivity index (χ3n) is 3.83. The minimum atomic E-state index is -4.61. The van der Waals surface area contributed by atoms with Gasteiger partial charge in [0.1, 0.15) is 11.5 Å². The Hall–Kier alpha value is -3.59. The lowest BCUT2D eigenvalue weighted by Gasteiger charge is -2.10. The number of anilines is 1. The maximum atomic E-state index is 12.6. The van der Waals surface area contributed by atoms with Gasteiger partial charge < -0.3 is 14.8 Å². The van der Waals surface area contributed by atoms with Crippen molar-refractivity contribution in [3.05, 3.63) is 83.0 Å². The van der Waals surface area contributed by atoms with Gasteiger partial charge in [-0.3, -0.25) is 4.79 Å². The van der Waals surface area contributed by atoms with Gasteiger partial charge in [-0.05, 0) is 42.5 Å². The number of alkyl halides is 3. The van der Waals surface area contributed by atoms with Crippen LogP contribution in [0, 0.1) is 0 Å². The molecule has 1 amide bonds. The van der Waals surface area contributed by atoms with Crippen LogP contribution in [0.2, 0.25) is 5.02 Å². The molecular formula is C21H14ClF3N2O4. The zero-order chi connectivity index (χ0) is 22.4. The van der Waals surface area contributed by atoms with Crippen LogP contribution in [0.5, 0.6) is 11.5 Å². The van der Waals surface area contributed by atoms with E-state index in [0.29, 0.717) is 23.8 Å². The summed E-state index contributed by atoms with van der Waals surface area (Å²) in [5.41, 5.74) is -0.875. The molecule has 0 unspecified atom stereocenters. The van der Waals surface area contributed by atoms with Gasteiger partial charge in [0.15, 0.2) is 12.4 Å². The Morgan fingerprint density at radius 1 is 1.00 bits per heavy atom. The van der Waals surface area contributed by atoms with E-state index in [2.05, 4.69) is 10.3 Å². The van der Waals surface area contributed by atoms with Gasteiger partial charge in [0, 0.05) is 6.20 Å². The molecule has 0 bridgehead atoms. The predicted octanol–water partition coefficient (Wildman–Crippen LogP) is 5.34. The highest BCUT2D eigenvalue weighted by atomic mass is 35.5. The largest absolute Gasteiger partial charge is 0.457 e. The maximum absolute atomic E-state index is 12.6. The van der Waals surface area contributed by atoms with E-state index in [-0.39, 0.29) is 11.4 Å². The summed E-state index contributed by atoms with van der Waals surface area (Å²) >= 11 is 5.71. The number of para-hydroxylation sites is 1. The first-order valence-electron chi connectivity index (χ1n) is 8.75. The van der Waals surface area contributed by atoms with E-state index < -0.39 is 35.2 Å².